The van der Waals surface area contributed by atoms with E-state index in [9.17, 15) is 14.4 Å². The van der Waals surface area contributed by atoms with Crippen molar-refractivity contribution in [1.82, 2.24) is 10.6 Å². The molecule has 2 rings (SSSR count). The molecular formula is C15H18N2O3. The van der Waals surface area contributed by atoms with Gasteiger partial charge in [0.1, 0.15) is 0 Å². The number of rotatable bonds is 5. The number of benzene rings is 1. The summed E-state index contributed by atoms with van der Waals surface area (Å²) in [6.45, 7) is 2.06. The lowest BCUT2D eigenvalue weighted by molar-refractivity contribution is -0.139. The van der Waals surface area contributed by atoms with E-state index >= 15 is 0 Å². The largest absolute Gasteiger partial charge is 0.328 e. The highest BCUT2D eigenvalue weighted by Gasteiger charge is 2.50. The van der Waals surface area contributed by atoms with Crippen LogP contribution in [0.15, 0.2) is 30.3 Å². The summed E-state index contributed by atoms with van der Waals surface area (Å²) in [4.78, 5) is 35.9. The van der Waals surface area contributed by atoms with Gasteiger partial charge in [0.25, 0.3) is 0 Å². The second-order valence-electron chi connectivity index (χ2n) is 4.97. The molecule has 1 aromatic carbocycles. The van der Waals surface area contributed by atoms with Crippen LogP contribution in [-0.4, -0.2) is 17.8 Å². The van der Waals surface area contributed by atoms with Crippen LogP contribution in [0.4, 0.5) is 4.79 Å². The van der Waals surface area contributed by atoms with Gasteiger partial charge in [0, 0.05) is 0 Å². The summed E-state index contributed by atoms with van der Waals surface area (Å²) >= 11 is 0. The first-order valence-electron chi connectivity index (χ1n) is 6.83. The first kappa shape index (κ1) is 14.2. The Hall–Kier alpha value is -2.17. The fraction of sp³-hybridized carbons (Fsp3) is 0.400. The molecule has 0 aromatic heterocycles. The molecule has 0 spiro atoms. The molecule has 1 fully saturated rings. The molecule has 5 heteroatoms. The zero-order valence-corrected chi connectivity index (χ0v) is 11.4. The molecule has 20 heavy (non-hydrogen) atoms. The standard InChI is InChI=1S/C15H18N2O3/c1-2-3-7-10-15(11-8-5-4-6-9-11)12(18)16-14(20)17-13(15)19/h4-6,8-9H,2-3,7,10H2,1H3,(H2,16,17,18,19,20). The van der Waals surface area contributed by atoms with E-state index < -0.39 is 23.3 Å². The van der Waals surface area contributed by atoms with Gasteiger partial charge in [-0.15, -0.1) is 0 Å². The van der Waals surface area contributed by atoms with Crippen LogP contribution in [0.2, 0.25) is 0 Å². The Bertz CT molecular complexity index is 505. The summed E-state index contributed by atoms with van der Waals surface area (Å²) in [7, 11) is 0. The average Bonchev–Trinajstić information content (AvgIpc) is 2.43. The fourth-order valence-corrected chi connectivity index (χ4v) is 2.55. The van der Waals surface area contributed by atoms with Crippen molar-refractivity contribution in [2.45, 2.75) is 38.0 Å². The highest BCUT2D eigenvalue weighted by Crippen LogP contribution is 2.32. The van der Waals surface area contributed by atoms with E-state index in [0.717, 1.165) is 19.3 Å². The van der Waals surface area contributed by atoms with Gasteiger partial charge in [-0.3, -0.25) is 20.2 Å². The van der Waals surface area contributed by atoms with Crippen LogP contribution in [0.25, 0.3) is 0 Å². The number of carbonyl (C=O) groups is 3. The quantitative estimate of drug-likeness (QED) is 0.635. The fourth-order valence-electron chi connectivity index (χ4n) is 2.55. The van der Waals surface area contributed by atoms with Gasteiger partial charge >= 0.3 is 6.03 Å². The molecule has 0 saturated carbocycles. The number of imide groups is 2. The first-order valence-corrected chi connectivity index (χ1v) is 6.83. The molecule has 5 nitrogen and oxygen atoms in total. The highest BCUT2D eigenvalue weighted by atomic mass is 16.2. The molecule has 0 bridgehead atoms. The number of carbonyl (C=O) groups excluding carboxylic acids is 3. The summed E-state index contributed by atoms with van der Waals surface area (Å²) < 4.78 is 0. The maximum absolute atomic E-state index is 12.3. The molecular weight excluding hydrogens is 256 g/mol. The number of hydrogen-bond donors (Lipinski definition) is 2. The van der Waals surface area contributed by atoms with E-state index in [1.54, 1.807) is 24.3 Å². The minimum Gasteiger partial charge on any atom is -0.277 e. The molecule has 1 aliphatic rings. The van der Waals surface area contributed by atoms with E-state index in [1.807, 2.05) is 6.07 Å². The summed E-state index contributed by atoms with van der Waals surface area (Å²) in [5.74, 6) is -1.07. The van der Waals surface area contributed by atoms with Crippen LogP contribution < -0.4 is 10.6 Å². The van der Waals surface area contributed by atoms with Gasteiger partial charge in [-0.25, -0.2) is 4.79 Å². The predicted molar refractivity (Wildman–Crippen MR) is 73.9 cm³/mol. The molecule has 0 radical (unpaired) electrons. The van der Waals surface area contributed by atoms with Crippen molar-refractivity contribution in [1.29, 1.82) is 0 Å². The second-order valence-corrected chi connectivity index (χ2v) is 4.97. The lowest BCUT2D eigenvalue weighted by Crippen LogP contribution is -2.64. The lowest BCUT2D eigenvalue weighted by Gasteiger charge is -2.34. The van der Waals surface area contributed by atoms with E-state index in [2.05, 4.69) is 17.6 Å². The lowest BCUT2D eigenvalue weighted by atomic mass is 9.73. The monoisotopic (exact) mass is 274 g/mol. The molecule has 1 aromatic rings. The van der Waals surface area contributed by atoms with Crippen molar-refractivity contribution in [3.05, 3.63) is 35.9 Å². The van der Waals surface area contributed by atoms with Crippen LogP contribution in [0.3, 0.4) is 0 Å². The third-order valence-electron chi connectivity index (χ3n) is 3.65. The normalized spacial score (nSPS) is 17.6. The predicted octanol–water partition coefficient (Wildman–Crippen LogP) is 1.87. The summed E-state index contributed by atoms with van der Waals surface area (Å²) in [6, 6.07) is 8.15. The Morgan fingerprint density at radius 3 is 2.10 bits per heavy atom. The summed E-state index contributed by atoms with van der Waals surface area (Å²) in [5, 5.41) is 4.43. The van der Waals surface area contributed by atoms with Gasteiger partial charge < -0.3 is 0 Å². The van der Waals surface area contributed by atoms with Gasteiger partial charge in [-0.05, 0) is 12.0 Å². The third kappa shape index (κ3) is 2.43. The smallest absolute Gasteiger partial charge is 0.277 e. The topological polar surface area (TPSA) is 75.3 Å². The van der Waals surface area contributed by atoms with Gasteiger partial charge in [0.05, 0.1) is 0 Å². The number of urea groups is 1. The van der Waals surface area contributed by atoms with Crippen LogP contribution in [0.5, 0.6) is 0 Å². The molecule has 1 aliphatic heterocycles. The van der Waals surface area contributed by atoms with Crippen LogP contribution in [-0.2, 0) is 15.0 Å². The molecule has 1 heterocycles. The first-order chi connectivity index (χ1) is 9.61. The number of barbiturate groups is 1. The Balaban J connectivity index is 2.40. The number of unbranched alkanes of at least 4 members (excludes halogenated alkanes) is 2. The molecule has 0 aliphatic carbocycles. The summed E-state index contributed by atoms with van der Waals surface area (Å²) in [6.07, 6.45) is 3.08. The van der Waals surface area contributed by atoms with Crippen molar-refractivity contribution in [2.24, 2.45) is 0 Å². The van der Waals surface area contributed by atoms with Crippen molar-refractivity contribution in [3.8, 4) is 0 Å². The molecule has 2 N–H and O–H groups in total. The van der Waals surface area contributed by atoms with Gasteiger partial charge in [-0.2, -0.15) is 0 Å². The van der Waals surface area contributed by atoms with Crippen LogP contribution >= 0.6 is 0 Å². The van der Waals surface area contributed by atoms with E-state index in [-0.39, 0.29) is 0 Å². The molecule has 106 valence electrons. The van der Waals surface area contributed by atoms with E-state index in [0.29, 0.717) is 12.0 Å². The Morgan fingerprint density at radius 2 is 1.55 bits per heavy atom. The second kappa shape index (κ2) is 5.86. The van der Waals surface area contributed by atoms with Gasteiger partial charge in [0.2, 0.25) is 11.8 Å². The van der Waals surface area contributed by atoms with Crippen molar-refractivity contribution < 1.29 is 14.4 Å². The van der Waals surface area contributed by atoms with Gasteiger partial charge in [0.15, 0.2) is 5.41 Å². The van der Waals surface area contributed by atoms with Crippen molar-refractivity contribution in [2.75, 3.05) is 0 Å². The van der Waals surface area contributed by atoms with Crippen molar-refractivity contribution >= 4 is 17.8 Å². The SMILES string of the molecule is CCCCCC1(c2ccccc2)C(=O)NC(=O)NC1=O. The number of hydrogen-bond acceptors (Lipinski definition) is 3. The summed E-state index contributed by atoms with van der Waals surface area (Å²) in [5.41, 5.74) is -0.678. The molecule has 4 amide bonds. The van der Waals surface area contributed by atoms with Gasteiger partial charge in [-0.1, -0.05) is 56.5 Å². The third-order valence-corrected chi connectivity index (χ3v) is 3.65. The van der Waals surface area contributed by atoms with Crippen LogP contribution in [0.1, 0.15) is 38.2 Å². The average molecular weight is 274 g/mol. The number of amides is 4. The van der Waals surface area contributed by atoms with Crippen molar-refractivity contribution in [3.63, 3.8) is 0 Å². The maximum atomic E-state index is 12.3. The zero-order chi connectivity index (χ0) is 14.6. The molecule has 0 unspecified atom stereocenters. The Morgan fingerprint density at radius 1 is 0.950 bits per heavy atom. The minimum atomic E-state index is -1.30. The molecule has 0 atom stereocenters. The molecule has 1 saturated heterocycles. The minimum absolute atomic E-state index is 0.399. The Labute approximate surface area is 117 Å². The van der Waals surface area contributed by atoms with E-state index in [4.69, 9.17) is 0 Å². The maximum Gasteiger partial charge on any atom is 0.328 e. The zero-order valence-electron chi connectivity index (χ0n) is 11.4. The highest BCUT2D eigenvalue weighted by molar-refractivity contribution is 6.22. The van der Waals surface area contributed by atoms with Crippen LogP contribution in [0, 0.1) is 0 Å². The van der Waals surface area contributed by atoms with E-state index in [1.165, 1.54) is 0 Å². The number of nitrogens with one attached hydrogen (secondary N) is 2. The Kier molecular flexibility index (Phi) is 4.17.